The molecular weight excluding hydrogens is 224 g/mol. The van der Waals surface area contributed by atoms with Gasteiger partial charge in [-0.2, -0.15) is 0 Å². The lowest BCUT2D eigenvalue weighted by atomic mass is 10.1. The molecule has 0 aliphatic carbocycles. The SMILES string of the molecule is COC(CNCCNC(C)(C)C)c1ccccc1. The van der Waals surface area contributed by atoms with Crippen molar-refractivity contribution in [2.75, 3.05) is 26.7 Å². The molecule has 3 nitrogen and oxygen atoms in total. The van der Waals surface area contributed by atoms with E-state index in [2.05, 4.69) is 43.5 Å². The van der Waals surface area contributed by atoms with E-state index in [0.717, 1.165) is 19.6 Å². The minimum absolute atomic E-state index is 0.126. The molecule has 0 radical (unpaired) electrons. The smallest absolute Gasteiger partial charge is 0.0945 e. The van der Waals surface area contributed by atoms with Gasteiger partial charge in [0.15, 0.2) is 0 Å². The first kappa shape index (κ1) is 15.2. The fraction of sp³-hybridized carbons (Fsp3) is 0.600. The van der Waals surface area contributed by atoms with E-state index >= 15 is 0 Å². The number of nitrogens with one attached hydrogen (secondary N) is 2. The third-order valence-electron chi connectivity index (χ3n) is 2.74. The van der Waals surface area contributed by atoms with E-state index in [1.165, 1.54) is 5.56 Å². The lowest BCUT2D eigenvalue weighted by Crippen LogP contribution is -2.40. The second-order valence-corrected chi connectivity index (χ2v) is 5.52. The van der Waals surface area contributed by atoms with Gasteiger partial charge in [-0.25, -0.2) is 0 Å². The maximum absolute atomic E-state index is 5.50. The molecule has 0 aliphatic rings. The molecule has 0 saturated carbocycles. The van der Waals surface area contributed by atoms with Crippen LogP contribution >= 0.6 is 0 Å². The summed E-state index contributed by atoms with van der Waals surface area (Å²) in [7, 11) is 1.76. The zero-order valence-corrected chi connectivity index (χ0v) is 12.0. The molecule has 1 aromatic rings. The van der Waals surface area contributed by atoms with E-state index in [1.807, 2.05) is 18.2 Å². The quantitative estimate of drug-likeness (QED) is 0.729. The number of hydrogen-bond acceptors (Lipinski definition) is 3. The Labute approximate surface area is 111 Å². The Kier molecular flexibility index (Phi) is 6.33. The van der Waals surface area contributed by atoms with Gasteiger partial charge in [-0.3, -0.25) is 0 Å². The lowest BCUT2D eigenvalue weighted by Gasteiger charge is -2.21. The number of rotatable bonds is 7. The van der Waals surface area contributed by atoms with E-state index in [1.54, 1.807) is 7.11 Å². The Hall–Kier alpha value is -0.900. The Morgan fingerprint density at radius 2 is 1.78 bits per heavy atom. The van der Waals surface area contributed by atoms with Crippen molar-refractivity contribution >= 4 is 0 Å². The van der Waals surface area contributed by atoms with Gasteiger partial charge < -0.3 is 15.4 Å². The molecular formula is C15H26N2O. The summed E-state index contributed by atoms with van der Waals surface area (Å²) in [5.74, 6) is 0. The number of hydrogen-bond donors (Lipinski definition) is 2. The predicted molar refractivity (Wildman–Crippen MR) is 76.8 cm³/mol. The molecule has 1 aromatic carbocycles. The molecule has 18 heavy (non-hydrogen) atoms. The minimum atomic E-state index is 0.126. The highest BCUT2D eigenvalue weighted by atomic mass is 16.5. The van der Waals surface area contributed by atoms with Crippen molar-refractivity contribution in [3.63, 3.8) is 0 Å². The number of methoxy groups -OCH3 is 1. The van der Waals surface area contributed by atoms with Gasteiger partial charge in [-0.05, 0) is 26.3 Å². The average molecular weight is 250 g/mol. The van der Waals surface area contributed by atoms with E-state index in [0.29, 0.717) is 0 Å². The molecule has 0 amide bonds. The number of ether oxygens (including phenoxy) is 1. The highest BCUT2D eigenvalue weighted by molar-refractivity contribution is 5.17. The molecule has 1 unspecified atom stereocenters. The van der Waals surface area contributed by atoms with E-state index in [-0.39, 0.29) is 11.6 Å². The molecule has 0 bridgehead atoms. The van der Waals surface area contributed by atoms with Gasteiger partial charge in [0.2, 0.25) is 0 Å². The third-order valence-corrected chi connectivity index (χ3v) is 2.74. The second kappa shape index (κ2) is 7.52. The summed E-state index contributed by atoms with van der Waals surface area (Å²) in [6, 6.07) is 10.3. The standard InChI is InChI=1S/C15H26N2O/c1-15(2,3)17-11-10-16-12-14(18-4)13-8-6-5-7-9-13/h5-9,14,16-17H,10-12H2,1-4H3. The van der Waals surface area contributed by atoms with Gasteiger partial charge >= 0.3 is 0 Å². The lowest BCUT2D eigenvalue weighted by molar-refractivity contribution is 0.102. The van der Waals surface area contributed by atoms with Gasteiger partial charge in [-0.15, -0.1) is 0 Å². The molecule has 0 heterocycles. The second-order valence-electron chi connectivity index (χ2n) is 5.52. The van der Waals surface area contributed by atoms with Gasteiger partial charge in [-0.1, -0.05) is 30.3 Å². The number of benzene rings is 1. The van der Waals surface area contributed by atoms with E-state index in [9.17, 15) is 0 Å². The van der Waals surface area contributed by atoms with Crippen molar-refractivity contribution in [1.82, 2.24) is 10.6 Å². The van der Waals surface area contributed by atoms with Crippen molar-refractivity contribution in [2.45, 2.75) is 32.4 Å². The summed E-state index contributed by atoms with van der Waals surface area (Å²) in [4.78, 5) is 0. The first-order chi connectivity index (χ1) is 8.53. The fourth-order valence-corrected chi connectivity index (χ4v) is 1.76. The zero-order chi connectivity index (χ0) is 13.4. The summed E-state index contributed by atoms with van der Waals surface area (Å²) in [5.41, 5.74) is 1.40. The average Bonchev–Trinajstić information content (AvgIpc) is 2.33. The molecule has 0 spiro atoms. The van der Waals surface area contributed by atoms with Crippen molar-refractivity contribution in [1.29, 1.82) is 0 Å². The van der Waals surface area contributed by atoms with Gasteiger partial charge in [0.25, 0.3) is 0 Å². The molecule has 0 saturated heterocycles. The van der Waals surface area contributed by atoms with Crippen LogP contribution in [0.4, 0.5) is 0 Å². The van der Waals surface area contributed by atoms with Crippen LogP contribution in [0.25, 0.3) is 0 Å². The molecule has 1 atom stereocenters. The summed E-state index contributed by atoms with van der Waals surface area (Å²) in [6.07, 6.45) is 0.126. The van der Waals surface area contributed by atoms with E-state index in [4.69, 9.17) is 4.74 Å². The van der Waals surface area contributed by atoms with Gasteiger partial charge in [0.05, 0.1) is 6.10 Å². The normalized spacial score (nSPS) is 13.6. The van der Waals surface area contributed by atoms with Crippen LogP contribution in [0, 0.1) is 0 Å². The van der Waals surface area contributed by atoms with Crippen LogP contribution in [0.15, 0.2) is 30.3 Å². The van der Waals surface area contributed by atoms with Crippen LogP contribution < -0.4 is 10.6 Å². The van der Waals surface area contributed by atoms with Gasteiger partial charge in [0.1, 0.15) is 0 Å². The molecule has 0 fully saturated rings. The molecule has 3 heteroatoms. The van der Waals surface area contributed by atoms with Crippen molar-refractivity contribution < 1.29 is 4.74 Å². The predicted octanol–water partition coefficient (Wildman–Crippen LogP) is 2.35. The Balaban J connectivity index is 2.25. The minimum Gasteiger partial charge on any atom is -0.375 e. The summed E-state index contributed by atoms with van der Waals surface area (Å²) in [6.45, 7) is 9.28. The maximum Gasteiger partial charge on any atom is 0.0945 e. The van der Waals surface area contributed by atoms with Crippen LogP contribution in [-0.4, -0.2) is 32.3 Å². The maximum atomic E-state index is 5.50. The van der Waals surface area contributed by atoms with Crippen molar-refractivity contribution in [3.05, 3.63) is 35.9 Å². The molecule has 0 aliphatic heterocycles. The van der Waals surface area contributed by atoms with Crippen LogP contribution in [0.3, 0.4) is 0 Å². The third kappa shape index (κ3) is 6.15. The Morgan fingerprint density at radius 1 is 1.11 bits per heavy atom. The topological polar surface area (TPSA) is 33.3 Å². The van der Waals surface area contributed by atoms with Crippen LogP contribution in [0.1, 0.15) is 32.4 Å². The molecule has 0 aromatic heterocycles. The zero-order valence-electron chi connectivity index (χ0n) is 12.0. The molecule has 102 valence electrons. The van der Waals surface area contributed by atoms with E-state index < -0.39 is 0 Å². The largest absolute Gasteiger partial charge is 0.375 e. The van der Waals surface area contributed by atoms with Gasteiger partial charge in [0, 0.05) is 32.3 Å². The molecule has 1 rings (SSSR count). The first-order valence-electron chi connectivity index (χ1n) is 6.56. The van der Waals surface area contributed by atoms with Crippen molar-refractivity contribution in [3.8, 4) is 0 Å². The Bertz CT molecular complexity index is 319. The first-order valence-corrected chi connectivity index (χ1v) is 6.56. The highest BCUT2D eigenvalue weighted by Gasteiger charge is 2.10. The summed E-state index contributed by atoms with van der Waals surface area (Å²) < 4.78 is 5.50. The highest BCUT2D eigenvalue weighted by Crippen LogP contribution is 2.14. The summed E-state index contributed by atoms with van der Waals surface area (Å²) in [5, 5.41) is 6.87. The Morgan fingerprint density at radius 3 is 2.33 bits per heavy atom. The van der Waals surface area contributed by atoms with Crippen LogP contribution in [0.2, 0.25) is 0 Å². The summed E-state index contributed by atoms with van der Waals surface area (Å²) >= 11 is 0. The van der Waals surface area contributed by atoms with Crippen LogP contribution in [-0.2, 0) is 4.74 Å². The van der Waals surface area contributed by atoms with Crippen molar-refractivity contribution in [2.24, 2.45) is 0 Å². The molecule has 2 N–H and O–H groups in total. The fourth-order valence-electron chi connectivity index (χ4n) is 1.76. The van der Waals surface area contributed by atoms with Crippen LogP contribution in [0.5, 0.6) is 0 Å². The monoisotopic (exact) mass is 250 g/mol.